The Hall–Kier alpha value is -2.88. The number of benzene rings is 2. The molecule has 3 rings (SSSR count). The fourth-order valence-corrected chi connectivity index (χ4v) is 3.15. The van der Waals surface area contributed by atoms with Crippen molar-refractivity contribution in [3.05, 3.63) is 77.0 Å². The quantitative estimate of drug-likeness (QED) is 0.835. The van der Waals surface area contributed by atoms with E-state index in [1.807, 2.05) is 54.3 Å². The number of likely N-dealkylation sites (tertiary alicyclic amines) is 1. The van der Waals surface area contributed by atoms with Crippen molar-refractivity contribution in [1.29, 1.82) is 0 Å². The number of nitrogens with one attached hydrogen (secondary N) is 1. The van der Waals surface area contributed by atoms with Gasteiger partial charge in [0.1, 0.15) is 5.70 Å². The Morgan fingerprint density at radius 1 is 1.00 bits per heavy atom. The van der Waals surface area contributed by atoms with Gasteiger partial charge >= 0.3 is 0 Å². The first kappa shape index (κ1) is 18.9. The fourth-order valence-electron chi connectivity index (χ4n) is 3.15. The van der Waals surface area contributed by atoms with Gasteiger partial charge in [-0.1, -0.05) is 55.0 Å². The molecule has 0 spiro atoms. The van der Waals surface area contributed by atoms with Crippen molar-refractivity contribution in [2.45, 2.75) is 26.7 Å². The minimum absolute atomic E-state index is 0.119. The van der Waals surface area contributed by atoms with E-state index in [-0.39, 0.29) is 11.8 Å². The van der Waals surface area contributed by atoms with E-state index in [2.05, 4.69) is 12.2 Å². The number of amides is 2. The van der Waals surface area contributed by atoms with Gasteiger partial charge in [-0.2, -0.15) is 0 Å². The van der Waals surface area contributed by atoms with Gasteiger partial charge in [0.25, 0.3) is 11.8 Å². The molecule has 1 saturated heterocycles. The number of carbonyl (C=O) groups excluding carboxylic acids is 2. The molecule has 1 N–H and O–H groups in total. The van der Waals surface area contributed by atoms with Crippen LogP contribution in [-0.4, -0.2) is 29.8 Å². The SMILES string of the molecule is Cc1ccc(C(=O)NC(=Cc2ccccc2)C(=O)N2CCC(C)CC2)cc1. The van der Waals surface area contributed by atoms with Gasteiger partial charge in [-0.25, -0.2) is 0 Å². The van der Waals surface area contributed by atoms with Gasteiger partial charge in [-0.05, 0) is 49.5 Å². The van der Waals surface area contributed by atoms with Crippen molar-refractivity contribution in [2.24, 2.45) is 5.92 Å². The number of nitrogens with zero attached hydrogens (tertiary/aromatic N) is 1. The van der Waals surface area contributed by atoms with E-state index in [1.165, 1.54) is 0 Å². The molecule has 0 saturated carbocycles. The lowest BCUT2D eigenvalue weighted by Gasteiger charge is -2.31. The predicted molar refractivity (Wildman–Crippen MR) is 108 cm³/mol. The molecule has 2 aromatic carbocycles. The summed E-state index contributed by atoms with van der Waals surface area (Å²) in [5, 5.41) is 2.84. The Kier molecular flexibility index (Phi) is 6.07. The summed E-state index contributed by atoms with van der Waals surface area (Å²) in [6, 6.07) is 16.9. The lowest BCUT2D eigenvalue weighted by atomic mass is 9.99. The highest BCUT2D eigenvalue weighted by molar-refractivity contribution is 6.05. The third-order valence-electron chi connectivity index (χ3n) is 4.97. The zero-order valence-electron chi connectivity index (χ0n) is 15.9. The summed E-state index contributed by atoms with van der Waals surface area (Å²) in [6.45, 7) is 5.64. The molecule has 0 atom stereocenters. The Morgan fingerprint density at radius 3 is 2.26 bits per heavy atom. The van der Waals surface area contributed by atoms with Crippen LogP contribution >= 0.6 is 0 Å². The first-order valence-electron chi connectivity index (χ1n) is 9.47. The van der Waals surface area contributed by atoms with Crippen LogP contribution in [0, 0.1) is 12.8 Å². The first-order chi connectivity index (χ1) is 13.0. The number of hydrogen-bond acceptors (Lipinski definition) is 2. The smallest absolute Gasteiger partial charge is 0.270 e. The molecule has 1 heterocycles. The highest BCUT2D eigenvalue weighted by Crippen LogP contribution is 2.18. The van der Waals surface area contributed by atoms with Crippen LogP contribution in [0.3, 0.4) is 0 Å². The predicted octanol–water partition coefficient (Wildman–Crippen LogP) is 4.02. The molecule has 0 radical (unpaired) electrons. The molecule has 1 aliphatic heterocycles. The summed E-state index contributed by atoms with van der Waals surface area (Å²) >= 11 is 0. The summed E-state index contributed by atoms with van der Waals surface area (Å²) in [6.07, 6.45) is 3.75. The highest BCUT2D eigenvalue weighted by Gasteiger charge is 2.24. The van der Waals surface area contributed by atoms with Gasteiger partial charge in [0.05, 0.1) is 0 Å². The Morgan fingerprint density at radius 2 is 1.63 bits per heavy atom. The minimum atomic E-state index is -0.268. The average molecular weight is 362 g/mol. The van der Waals surface area contributed by atoms with Crippen LogP contribution in [-0.2, 0) is 4.79 Å². The van der Waals surface area contributed by atoms with Crippen LogP contribution in [0.2, 0.25) is 0 Å². The Bertz CT molecular complexity index is 817. The zero-order chi connectivity index (χ0) is 19.2. The molecule has 4 heteroatoms. The summed E-state index contributed by atoms with van der Waals surface area (Å²) < 4.78 is 0. The fraction of sp³-hybridized carbons (Fsp3) is 0.304. The number of hydrogen-bond donors (Lipinski definition) is 1. The summed E-state index contributed by atoms with van der Waals surface area (Å²) in [4.78, 5) is 27.6. The second-order valence-electron chi connectivity index (χ2n) is 7.26. The van der Waals surface area contributed by atoms with E-state index in [9.17, 15) is 9.59 Å². The lowest BCUT2D eigenvalue weighted by Crippen LogP contribution is -2.42. The molecule has 1 aliphatic rings. The van der Waals surface area contributed by atoms with Crippen molar-refractivity contribution in [3.63, 3.8) is 0 Å². The molecule has 27 heavy (non-hydrogen) atoms. The largest absolute Gasteiger partial charge is 0.337 e. The standard InChI is InChI=1S/C23H26N2O2/c1-17-8-10-20(11-9-17)22(26)24-21(16-19-6-4-3-5-7-19)23(27)25-14-12-18(2)13-15-25/h3-11,16,18H,12-15H2,1-2H3,(H,24,26). The normalized spacial score (nSPS) is 15.5. The topological polar surface area (TPSA) is 49.4 Å². The Labute approximate surface area is 160 Å². The van der Waals surface area contributed by atoms with Crippen LogP contribution in [0.4, 0.5) is 0 Å². The number of rotatable bonds is 4. The molecular formula is C23H26N2O2. The van der Waals surface area contributed by atoms with E-state index in [4.69, 9.17) is 0 Å². The maximum atomic E-state index is 13.1. The van der Waals surface area contributed by atoms with Gasteiger partial charge < -0.3 is 10.2 Å². The summed E-state index contributed by atoms with van der Waals surface area (Å²) in [5.41, 5.74) is 2.83. The van der Waals surface area contributed by atoms with Crippen molar-refractivity contribution in [1.82, 2.24) is 10.2 Å². The number of aryl methyl sites for hydroxylation is 1. The van der Waals surface area contributed by atoms with E-state index in [0.29, 0.717) is 17.2 Å². The van der Waals surface area contributed by atoms with Gasteiger partial charge in [-0.3, -0.25) is 9.59 Å². The van der Waals surface area contributed by atoms with Crippen LogP contribution in [0.15, 0.2) is 60.3 Å². The van der Waals surface area contributed by atoms with Gasteiger partial charge in [0.2, 0.25) is 0 Å². The molecule has 0 unspecified atom stereocenters. The van der Waals surface area contributed by atoms with Crippen LogP contribution in [0.25, 0.3) is 6.08 Å². The van der Waals surface area contributed by atoms with Gasteiger partial charge in [0, 0.05) is 18.7 Å². The molecule has 140 valence electrons. The first-order valence-corrected chi connectivity index (χ1v) is 9.47. The number of carbonyl (C=O) groups is 2. The summed E-state index contributed by atoms with van der Waals surface area (Å²) in [5.74, 6) is 0.250. The van der Waals surface area contributed by atoms with E-state index in [0.717, 1.165) is 37.1 Å². The molecule has 0 aromatic heterocycles. The van der Waals surface area contributed by atoms with Gasteiger partial charge in [-0.15, -0.1) is 0 Å². The second-order valence-corrected chi connectivity index (χ2v) is 7.26. The molecule has 1 fully saturated rings. The van der Waals surface area contributed by atoms with Crippen LogP contribution < -0.4 is 5.32 Å². The lowest BCUT2D eigenvalue weighted by molar-refractivity contribution is -0.128. The zero-order valence-corrected chi connectivity index (χ0v) is 15.9. The summed E-state index contributed by atoms with van der Waals surface area (Å²) in [7, 11) is 0. The second kappa shape index (κ2) is 8.67. The molecule has 0 aliphatic carbocycles. The van der Waals surface area contributed by atoms with Gasteiger partial charge in [0.15, 0.2) is 0 Å². The van der Waals surface area contributed by atoms with Crippen LogP contribution in [0.1, 0.15) is 41.3 Å². The maximum absolute atomic E-state index is 13.1. The minimum Gasteiger partial charge on any atom is -0.337 e. The average Bonchev–Trinajstić information content (AvgIpc) is 2.69. The van der Waals surface area contributed by atoms with Crippen LogP contribution in [0.5, 0.6) is 0 Å². The van der Waals surface area contributed by atoms with Crippen molar-refractivity contribution in [3.8, 4) is 0 Å². The number of piperidine rings is 1. The molecular weight excluding hydrogens is 336 g/mol. The third-order valence-corrected chi connectivity index (χ3v) is 4.97. The molecule has 2 amide bonds. The third kappa shape index (κ3) is 5.07. The molecule has 2 aromatic rings. The Balaban J connectivity index is 1.83. The molecule has 0 bridgehead atoms. The van der Waals surface area contributed by atoms with E-state index < -0.39 is 0 Å². The monoisotopic (exact) mass is 362 g/mol. The van der Waals surface area contributed by atoms with Crippen molar-refractivity contribution in [2.75, 3.05) is 13.1 Å². The highest BCUT2D eigenvalue weighted by atomic mass is 16.2. The van der Waals surface area contributed by atoms with E-state index >= 15 is 0 Å². The van der Waals surface area contributed by atoms with Crippen molar-refractivity contribution < 1.29 is 9.59 Å². The molecule has 4 nitrogen and oxygen atoms in total. The van der Waals surface area contributed by atoms with Crippen molar-refractivity contribution >= 4 is 17.9 Å². The van der Waals surface area contributed by atoms with E-state index in [1.54, 1.807) is 18.2 Å². The maximum Gasteiger partial charge on any atom is 0.270 e.